The van der Waals surface area contributed by atoms with Crippen molar-refractivity contribution in [2.45, 2.75) is 19.4 Å². The summed E-state index contributed by atoms with van der Waals surface area (Å²) in [6.45, 7) is 0.974. The van der Waals surface area contributed by atoms with Crippen molar-refractivity contribution in [3.05, 3.63) is 54.0 Å². The lowest BCUT2D eigenvalue weighted by Gasteiger charge is -2.19. The van der Waals surface area contributed by atoms with Crippen LogP contribution in [0.15, 0.2) is 52.2 Å². The zero-order chi connectivity index (χ0) is 18.5. The lowest BCUT2D eigenvalue weighted by atomic mass is 10.0. The molecule has 1 aliphatic heterocycles. The number of hydrazone groups is 1. The van der Waals surface area contributed by atoms with Gasteiger partial charge in [0.05, 0.1) is 19.1 Å². The maximum Gasteiger partial charge on any atom is 0.272 e. The zero-order valence-electron chi connectivity index (χ0n) is 14.5. The van der Waals surface area contributed by atoms with Crippen LogP contribution in [0.25, 0.3) is 0 Å². The standard InChI is InChI=1S/C18H19N3O5/c1-12(22)20-26-11-18(23)21-16(17-4-3-9-25-17)10-15(19-21)13-5-7-14(24-2)8-6-13/h3-9,16H,10-11H2,1-2H3,(H,20,22)/t16-/m1/s1. The van der Waals surface area contributed by atoms with Crippen LogP contribution in [0, 0.1) is 0 Å². The smallest absolute Gasteiger partial charge is 0.272 e. The number of carbonyl (C=O) groups excluding carboxylic acids is 2. The first kappa shape index (κ1) is 17.7. The fraction of sp³-hybridized carbons (Fsp3) is 0.278. The predicted octanol–water partition coefficient (Wildman–Crippen LogP) is 2.03. The Bertz CT molecular complexity index is 799. The molecule has 1 aromatic heterocycles. The van der Waals surface area contributed by atoms with Crippen LogP contribution in [0.2, 0.25) is 0 Å². The Morgan fingerprint density at radius 1 is 1.31 bits per heavy atom. The monoisotopic (exact) mass is 357 g/mol. The van der Waals surface area contributed by atoms with E-state index in [2.05, 4.69) is 10.6 Å². The van der Waals surface area contributed by atoms with Crippen LogP contribution in [-0.2, 0) is 14.4 Å². The molecule has 3 rings (SSSR count). The van der Waals surface area contributed by atoms with Crippen LogP contribution in [0.5, 0.6) is 5.75 Å². The molecule has 0 aliphatic carbocycles. The zero-order valence-corrected chi connectivity index (χ0v) is 14.5. The number of ether oxygens (including phenoxy) is 1. The molecule has 0 radical (unpaired) electrons. The Kier molecular flexibility index (Phi) is 5.33. The van der Waals surface area contributed by atoms with Gasteiger partial charge in [-0.15, -0.1) is 0 Å². The molecule has 0 spiro atoms. The fourth-order valence-electron chi connectivity index (χ4n) is 2.67. The molecule has 0 unspecified atom stereocenters. The van der Waals surface area contributed by atoms with Gasteiger partial charge in [0.15, 0.2) is 6.61 Å². The van der Waals surface area contributed by atoms with E-state index in [4.69, 9.17) is 14.0 Å². The third-order valence-electron chi connectivity index (χ3n) is 3.87. The number of rotatable bonds is 6. The molecule has 8 nitrogen and oxygen atoms in total. The van der Waals surface area contributed by atoms with Gasteiger partial charge in [-0.05, 0) is 42.0 Å². The highest BCUT2D eigenvalue weighted by molar-refractivity contribution is 6.03. The average molecular weight is 357 g/mol. The minimum atomic E-state index is -0.385. The number of hydrogen-bond acceptors (Lipinski definition) is 6. The molecular formula is C18H19N3O5. The highest BCUT2D eigenvalue weighted by Gasteiger charge is 2.34. The van der Waals surface area contributed by atoms with Crippen molar-refractivity contribution >= 4 is 17.5 Å². The molecule has 2 amide bonds. The van der Waals surface area contributed by atoms with E-state index in [1.165, 1.54) is 11.9 Å². The summed E-state index contributed by atoms with van der Waals surface area (Å²) in [5.74, 6) is 0.601. The number of nitrogens with one attached hydrogen (secondary N) is 1. The summed E-state index contributed by atoms with van der Waals surface area (Å²) in [5, 5.41) is 5.79. The summed E-state index contributed by atoms with van der Waals surface area (Å²) in [4.78, 5) is 28.3. The van der Waals surface area contributed by atoms with Crippen molar-refractivity contribution in [3.8, 4) is 5.75 Å². The molecule has 0 bridgehead atoms. The maximum absolute atomic E-state index is 12.5. The quantitative estimate of drug-likeness (QED) is 0.799. The van der Waals surface area contributed by atoms with Crippen molar-refractivity contribution in [2.24, 2.45) is 5.10 Å². The molecule has 1 N–H and O–H groups in total. The van der Waals surface area contributed by atoms with Crippen molar-refractivity contribution in [1.29, 1.82) is 0 Å². The van der Waals surface area contributed by atoms with Crippen LogP contribution >= 0.6 is 0 Å². The largest absolute Gasteiger partial charge is 0.497 e. The summed E-state index contributed by atoms with van der Waals surface area (Å²) in [5.41, 5.74) is 3.77. The van der Waals surface area contributed by atoms with Gasteiger partial charge in [0.2, 0.25) is 5.91 Å². The van der Waals surface area contributed by atoms with E-state index in [1.54, 1.807) is 25.5 Å². The molecule has 2 aromatic rings. The molecule has 1 atom stereocenters. The van der Waals surface area contributed by atoms with Crippen molar-refractivity contribution in [1.82, 2.24) is 10.5 Å². The number of methoxy groups -OCH3 is 1. The topological polar surface area (TPSA) is 93.4 Å². The van der Waals surface area contributed by atoms with Crippen molar-refractivity contribution in [3.63, 3.8) is 0 Å². The van der Waals surface area contributed by atoms with Crippen LogP contribution in [-0.4, -0.2) is 36.3 Å². The first-order valence-corrected chi connectivity index (χ1v) is 8.04. The Morgan fingerprint density at radius 2 is 2.08 bits per heavy atom. The van der Waals surface area contributed by atoms with Gasteiger partial charge in [0.25, 0.3) is 5.91 Å². The van der Waals surface area contributed by atoms with E-state index < -0.39 is 0 Å². The van der Waals surface area contributed by atoms with E-state index in [0.717, 1.165) is 17.0 Å². The highest BCUT2D eigenvalue weighted by Crippen LogP contribution is 2.33. The summed E-state index contributed by atoms with van der Waals surface area (Å²) >= 11 is 0. The molecule has 2 heterocycles. The number of benzene rings is 1. The molecule has 1 aromatic carbocycles. The SMILES string of the molecule is COc1ccc(C2=NN(C(=O)CONC(C)=O)[C@@H](c3ccco3)C2)cc1. The average Bonchev–Trinajstić information content (AvgIpc) is 3.31. The second kappa shape index (κ2) is 7.83. The summed E-state index contributed by atoms with van der Waals surface area (Å²) < 4.78 is 10.6. The van der Waals surface area contributed by atoms with E-state index >= 15 is 0 Å². The summed E-state index contributed by atoms with van der Waals surface area (Å²) in [6.07, 6.45) is 2.06. The second-order valence-corrected chi connectivity index (χ2v) is 5.70. The number of nitrogens with zero attached hydrogens (tertiary/aromatic N) is 2. The molecule has 26 heavy (non-hydrogen) atoms. The van der Waals surface area contributed by atoms with Crippen LogP contribution in [0.1, 0.15) is 30.7 Å². The lowest BCUT2D eigenvalue weighted by Crippen LogP contribution is -2.33. The Morgan fingerprint density at radius 3 is 2.69 bits per heavy atom. The third kappa shape index (κ3) is 3.92. The molecule has 0 saturated carbocycles. The van der Waals surface area contributed by atoms with E-state index in [1.807, 2.05) is 24.3 Å². The van der Waals surface area contributed by atoms with Gasteiger partial charge in [0.1, 0.15) is 17.6 Å². The molecule has 136 valence electrons. The van der Waals surface area contributed by atoms with Gasteiger partial charge >= 0.3 is 0 Å². The first-order valence-electron chi connectivity index (χ1n) is 8.04. The molecule has 0 fully saturated rings. The van der Waals surface area contributed by atoms with E-state index in [0.29, 0.717) is 12.2 Å². The van der Waals surface area contributed by atoms with Gasteiger partial charge in [-0.1, -0.05) is 0 Å². The second-order valence-electron chi connectivity index (χ2n) is 5.70. The Hall–Kier alpha value is -3.13. The summed E-state index contributed by atoms with van der Waals surface area (Å²) in [6, 6.07) is 10.6. The highest BCUT2D eigenvalue weighted by atomic mass is 16.7. The minimum Gasteiger partial charge on any atom is -0.497 e. The van der Waals surface area contributed by atoms with Gasteiger partial charge < -0.3 is 9.15 Å². The number of furan rings is 1. The normalized spacial score (nSPS) is 16.3. The van der Waals surface area contributed by atoms with Crippen molar-refractivity contribution < 1.29 is 23.6 Å². The molecule has 8 heteroatoms. The van der Waals surface area contributed by atoms with Gasteiger partial charge in [-0.2, -0.15) is 5.10 Å². The number of carbonyl (C=O) groups is 2. The third-order valence-corrected chi connectivity index (χ3v) is 3.87. The van der Waals surface area contributed by atoms with Gasteiger partial charge in [-0.3, -0.25) is 14.4 Å². The maximum atomic E-state index is 12.5. The van der Waals surface area contributed by atoms with Crippen LogP contribution < -0.4 is 10.2 Å². The fourth-order valence-corrected chi connectivity index (χ4v) is 2.67. The molecular weight excluding hydrogens is 338 g/mol. The van der Waals surface area contributed by atoms with E-state index in [9.17, 15) is 9.59 Å². The minimum absolute atomic E-state index is 0.323. The Balaban J connectivity index is 1.80. The molecule has 0 saturated heterocycles. The van der Waals surface area contributed by atoms with Gasteiger partial charge in [-0.25, -0.2) is 10.5 Å². The lowest BCUT2D eigenvalue weighted by molar-refractivity contribution is -0.145. The number of hydrogen-bond donors (Lipinski definition) is 1. The van der Waals surface area contributed by atoms with Crippen molar-refractivity contribution in [2.75, 3.05) is 13.7 Å². The summed E-state index contributed by atoms with van der Waals surface area (Å²) in [7, 11) is 1.60. The van der Waals surface area contributed by atoms with E-state index in [-0.39, 0.29) is 24.5 Å². The number of hydroxylamine groups is 1. The van der Waals surface area contributed by atoms with Crippen LogP contribution in [0.3, 0.4) is 0 Å². The predicted molar refractivity (Wildman–Crippen MR) is 92.2 cm³/mol. The Labute approximate surface area is 150 Å². The number of amides is 2. The van der Waals surface area contributed by atoms with Gasteiger partial charge in [0, 0.05) is 13.3 Å². The van der Waals surface area contributed by atoms with Crippen LogP contribution in [0.4, 0.5) is 0 Å². The molecule has 1 aliphatic rings. The first-order chi connectivity index (χ1) is 12.6.